The number of hydrogen-bond donors (Lipinski definition) is 0. The van der Waals surface area contributed by atoms with Crippen molar-refractivity contribution in [2.45, 2.75) is 58.8 Å². The summed E-state index contributed by atoms with van der Waals surface area (Å²) in [4.78, 5) is 27.2. The van der Waals surface area contributed by atoms with Crippen molar-refractivity contribution in [3.05, 3.63) is 60.7 Å². The van der Waals surface area contributed by atoms with Crippen molar-refractivity contribution in [2.24, 2.45) is 5.92 Å². The zero-order valence-corrected chi connectivity index (χ0v) is 16.6. The van der Waals surface area contributed by atoms with Crippen molar-refractivity contribution in [2.75, 3.05) is 4.90 Å². The van der Waals surface area contributed by atoms with E-state index >= 15 is 0 Å². The largest absolute Gasteiger partial charge is 0.300 e. The molecule has 2 aromatic rings. The summed E-state index contributed by atoms with van der Waals surface area (Å²) in [7, 11) is 0. The van der Waals surface area contributed by atoms with E-state index in [9.17, 15) is 9.59 Å². The number of carbonyl (C=O) groups excluding carboxylic acids is 2. The normalized spacial score (nSPS) is 11.8. The van der Waals surface area contributed by atoms with Crippen LogP contribution in [0.15, 0.2) is 60.7 Å². The third kappa shape index (κ3) is 6.67. The van der Waals surface area contributed by atoms with Crippen molar-refractivity contribution in [1.29, 1.82) is 0 Å². The number of rotatable bonds is 11. The summed E-state index contributed by atoms with van der Waals surface area (Å²) < 4.78 is 0. The SMILES string of the molecule is CCCCCCCC(=O)C[C@@H](C)C(=O)N(c1ccccc1)c1ccccc1. The van der Waals surface area contributed by atoms with Gasteiger partial charge in [0.25, 0.3) is 0 Å². The van der Waals surface area contributed by atoms with Crippen LogP contribution < -0.4 is 4.90 Å². The number of amides is 1. The highest BCUT2D eigenvalue weighted by Crippen LogP contribution is 2.28. The Morgan fingerprint density at radius 3 is 1.85 bits per heavy atom. The van der Waals surface area contributed by atoms with Crippen LogP contribution in [0.5, 0.6) is 0 Å². The monoisotopic (exact) mass is 365 g/mol. The van der Waals surface area contributed by atoms with Crippen LogP contribution in [0.1, 0.15) is 58.8 Å². The van der Waals surface area contributed by atoms with Crippen LogP contribution in [0.2, 0.25) is 0 Å². The summed E-state index contributed by atoms with van der Waals surface area (Å²) in [6.07, 6.45) is 6.54. The van der Waals surface area contributed by atoms with Gasteiger partial charge >= 0.3 is 0 Å². The highest BCUT2D eigenvalue weighted by atomic mass is 16.2. The third-order valence-corrected chi connectivity index (χ3v) is 4.76. The molecule has 0 spiro atoms. The first-order valence-corrected chi connectivity index (χ1v) is 10.1. The molecule has 1 atom stereocenters. The summed E-state index contributed by atoms with van der Waals surface area (Å²) in [6.45, 7) is 4.04. The Hall–Kier alpha value is -2.42. The lowest BCUT2D eigenvalue weighted by atomic mass is 9.98. The molecule has 144 valence electrons. The number of benzene rings is 2. The number of hydrogen-bond acceptors (Lipinski definition) is 2. The standard InChI is InChI=1S/C24H31NO2/c1-3-4-5-6-13-18-23(26)19-20(2)24(27)25(21-14-9-7-10-15-21)22-16-11-8-12-17-22/h7-12,14-17,20H,3-6,13,18-19H2,1-2H3/t20-/m1/s1. The lowest BCUT2D eigenvalue weighted by molar-refractivity contribution is -0.126. The van der Waals surface area contributed by atoms with Crippen LogP contribution in [-0.2, 0) is 9.59 Å². The molecule has 3 heteroatoms. The maximum atomic E-state index is 13.2. The minimum atomic E-state index is -0.339. The average molecular weight is 366 g/mol. The van der Waals surface area contributed by atoms with E-state index in [4.69, 9.17) is 0 Å². The second-order valence-electron chi connectivity index (χ2n) is 7.15. The molecule has 0 radical (unpaired) electrons. The van der Waals surface area contributed by atoms with Gasteiger partial charge in [0, 0.05) is 30.1 Å². The van der Waals surface area contributed by atoms with Crippen LogP contribution in [0.4, 0.5) is 11.4 Å². The van der Waals surface area contributed by atoms with E-state index in [1.807, 2.05) is 67.6 Å². The Kier molecular flexibility index (Phi) is 8.76. The third-order valence-electron chi connectivity index (χ3n) is 4.76. The lowest BCUT2D eigenvalue weighted by Crippen LogP contribution is -2.32. The van der Waals surface area contributed by atoms with E-state index in [1.54, 1.807) is 4.90 Å². The minimum Gasteiger partial charge on any atom is -0.300 e. The highest BCUT2D eigenvalue weighted by Gasteiger charge is 2.25. The van der Waals surface area contributed by atoms with Crippen LogP contribution in [0.3, 0.4) is 0 Å². The number of ketones is 1. The van der Waals surface area contributed by atoms with Crippen molar-refractivity contribution >= 4 is 23.1 Å². The van der Waals surface area contributed by atoms with Gasteiger partial charge in [-0.25, -0.2) is 0 Å². The lowest BCUT2D eigenvalue weighted by Gasteiger charge is -2.26. The van der Waals surface area contributed by atoms with E-state index in [0.717, 1.165) is 24.2 Å². The molecule has 0 bridgehead atoms. The summed E-state index contributed by atoms with van der Waals surface area (Å²) in [5.41, 5.74) is 1.65. The molecule has 3 nitrogen and oxygen atoms in total. The van der Waals surface area contributed by atoms with E-state index < -0.39 is 0 Å². The number of nitrogens with zero attached hydrogens (tertiary/aromatic N) is 1. The van der Waals surface area contributed by atoms with E-state index in [0.29, 0.717) is 12.8 Å². The zero-order valence-electron chi connectivity index (χ0n) is 16.6. The Morgan fingerprint density at radius 2 is 1.33 bits per heavy atom. The first-order valence-electron chi connectivity index (χ1n) is 10.1. The number of para-hydroxylation sites is 2. The van der Waals surface area contributed by atoms with Crippen LogP contribution in [-0.4, -0.2) is 11.7 Å². The molecule has 27 heavy (non-hydrogen) atoms. The molecule has 0 heterocycles. The van der Waals surface area contributed by atoms with E-state index in [-0.39, 0.29) is 17.6 Å². The van der Waals surface area contributed by atoms with Gasteiger partial charge in [-0.15, -0.1) is 0 Å². The molecule has 0 unspecified atom stereocenters. The first-order chi connectivity index (χ1) is 13.1. The van der Waals surface area contributed by atoms with Crippen LogP contribution >= 0.6 is 0 Å². The number of carbonyl (C=O) groups is 2. The van der Waals surface area contributed by atoms with Crippen molar-refractivity contribution in [1.82, 2.24) is 0 Å². The van der Waals surface area contributed by atoms with Crippen LogP contribution in [0, 0.1) is 5.92 Å². The highest BCUT2D eigenvalue weighted by molar-refractivity contribution is 6.03. The Morgan fingerprint density at radius 1 is 0.815 bits per heavy atom. The minimum absolute atomic E-state index is 0.0354. The molecule has 1 amide bonds. The van der Waals surface area contributed by atoms with Gasteiger partial charge < -0.3 is 0 Å². The predicted molar refractivity (Wildman–Crippen MR) is 112 cm³/mol. The maximum Gasteiger partial charge on any atom is 0.234 e. The summed E-state index contributed by atoms with van der Waals surface area (Å²) in [5.74, 6) is -0.186. The fourth-order valence-electron chi connectivity index (χ4n) is 3.23. The maximum absolute atomic E-state index is 13.2. The summed E-state index contributed by atoms with van der Waals surface area (Å²) in [5, 5.41) is 0. The molecule has 0 saturated carbocycles. The van der Waals surface area contributed by atoms with E-state index in [2.05, 4.69) is 6.92 Å². The zero-order chi connectivity index (χ0) is 19.5. The molecular formula is C24H31NO2. The Bertz CT molecular complexity index is 657. The number of anilines is 2. The van der Waals surface area contributed by atoms with Gasteiger partial charge in [-0.1, -0.05) is 75.9 Å². The predicted octanol–water partition coefficient (Wildman–Crippen LogP) is 6.31. The molecular weight excluding hydrogens is 334 g/mol. The van der Waals surface area contributed by atoms with Crippen molar-refractivity contribution in [3.8, 4) is 0 Å². The molecule has 0 aliphatic rings. The Balaban J connectivity index is 2.01. The van der Waals surface area contributed by atoms with Gasteiger partial charge in [0.1, 0.15) is 5.78 Å². The molecule has 0 aliphatic carbocycles. The summed E-state index contributed by atoms with van der Waals surface area (Å²) in [6, 6.07) is 19.2. The molecule has 2 rings (SSSR count). The topological polar surface area (TPSA) is 37.4 Å². The second-order valence-corrected chi connectivity index (χ2v) is 7.15. The molecule has 0 saturated heterocycles. The van der Waals surface area contributed by atoms with Crippen molar-refractivity contribution < 1.29 is 9.59 Å². The summed E-state index contributed by atoms with van der Waals surface area (Å²) >= 11 is 0. The smallest absolute Gasteiger partial charge is 0.234 e. The number of Topliss-reactive ketones (excluding diaryl/α,β-unsaturated/α-hetero) is 1. The van der Waals surface area contributed by atoms with Gasteiger partial charge in [-0.2, -0.15) is 0 Å². The van der Waals surface area contributed by atoms with Gasteiger partial charge in [0.05, 0.1) is 0 Å². The van der Waals surface area contributed by atoms with E-state index in [1.165, 1.54) is 19.3 Å². The molecule has 2 aromatic carbocycles. The fourth-order valence-corrected chi connectivity index (χ4v) is 3.23. The second kappa shape index (κ2) is 11.3. The average Bonchev–Trinajstić information content (AvgIpc) is 2.69. The first kappa shape index (κ1) is 20.9. The van der Waals surface area contributed by atoms with Gasteiger partial charge in [-0.05, 0) is 30.7 Å². The van der Waals surface area contributed by atoms with Gasteiger partial charge in [0.2, 0.25) is 5.91 Å². The van der Waals surface area contributed by atoms with Gasteiger partial charge in [0.15, 0.2) is 0 Å². The molecule has 0 aliphatic heterocycles. The molecule has 0 fully saturated rings. The van der Waals surface area contributed by atoms with Gasteiger partial charge in [-0.3, -0.25) is 14.5 Å². The number of unbranched alkanes of at least 4 members (excludes halogenated alkanes) is 4. The Labute approximate surface area is 163 Å². The fraction of sp³-hybridized carbons (Fsp3) is 0.417. The molecule has 0 N–H and O–H groups in total. The quantitative estimate of drug-likeness (QED) is 0.438. The molecule has 0 aromatic heterocycles. The van der Waals surface area contributed by atoms with Crippen LogP contribution in [0.25, 0.3) is 0 Å². The van der Waals surface area contributed by atoms with Crippen molar-refractivity contribution in [3.63, 3.8) is 0 Å².